The fourth-order valence-corrected chi connectivity index (χ4v) is 7.95. The van der Waals surface area contributed by atoms with Gasteiger partial charge in [0.1, 0.15) is 35.2 Å². The largest absolute Gasteiger partial charge is 0.497 e. The molecule has 3 fully saturated rings. The number of nitrogens with one attached hydrogen (secondary N) is 3. The standard InChI is InChI=1S/C43H54N6O8/c1-7-27-23-43(27,40(53)54)47-38(51)34-21-30(57-35-22-32(26-14-10-8-11-15-26)45-33-20-29(56-6)18-19-31(33)35)25-49(34)41(55)46-37(42(2,3)4)39(52)44-24-36(50)48(5)28-16-12-9-13-17-28/h7-8,10-11,14-15,18-20,22,27-28,30,34,37H,1,9,12-13,16-17,21,23-25H2,2-6H3,(H,44,52)(H,46,55)(H,47,51)(H,53,54)/t27-,30-,34+,37-,43-/m1/s1. The first-order valence-corrected chi connectivity index (χ1v) is 19.6. The van der Waals surface area contributed by atoms with E-state index in [0.29, 0.717) is 28.1 Å². The van der Waals surface area contributed by atoms with Crippen LogP contribution in [0.3, 0.4) is 0 Å². The molecule has 14 nitrogen and oxygen atoms in total. The molecular formula is C43H54N6O8. The molecule has 304 valence electrons. The zero-order valence-corrected chi connectivity index (χ0v) is 33.4. The Hall–Kier alpha value is -5.66. The molecule has 2 aliphatic carbocycles. The van der Waals surface area contributed by atoms with E-state index in [4.69, 9.17) is 14.5 Å². The summed E-state index contributed by atoms with van der Waals surface area (Å²) in [5.74, 6) is -2.01. The van der Waals surface area contributed by atoms with Gasteiger partial charge in [-0.2, -0.15) is 0 Å². The van der Waals surface area contributed by atoms with Crippen molar-refractivity contribution in [2.24, 2.45) is 11.3 Å². The third-order valence-electron chi connectivity index (χ3n) is 11.5. The Morgan fingerprint density at radius 3 is 2.42 bits per heavy atom. The Morgan fingerprint density at radius 2 is 1.79 bits per heavy atom. The lowest BCUT2D eigenvalue weighted by molar-refractivity contribution is -0.144. The second-order valence-electron chi connectivity index (χ2n) is 16.5. The fraction of sp³-hybridized carbons (Fsp3) is 0.488. The first-order chi connectivity index (χ1) is 27.1. The lowest BCUT2D eigenvalue weighted by Crippen LogP contribution is -2.60. The van der Waals surface area contributed by atoms with Gasteiger partial charge >= 0.3 is 12.0 Å². The van der Waals surface area contributed by atoms with Crippen molar-refractivity contribution in [1.82, 2.24) is 30.7 Å². The van der Waals surface area contributed by atoms with E-state index >= 15 is 0 Å². The number of carbonyl (C=O) groups excluding carboxylic acids is 4. The van der Waals surface area contributed by atoms with Gasteiger partial charge in [-0.15, -0.1) is 6.58 Å². The van der Waals surface area contributed by atoms with Gasteiger partial charge in [0.05, 0.1) is 31.4 Å². The van der Waals surface area contributed by atoms with Crippen molar-refractivity contribution in [2.45, 2.75) is 95.5 Å². The Kier molecular flexibility index (Phi) is 12.1. The normalized spacial score (nSPS) is 22.5. The number of pyridine rings is 1. The third-order valence-corrected chi connectivity index (χ3v) is 11.5. The summed E-state index contributed by atoms with van der Waals surface area (Å²) in [6, 6.07) is 14.0. The van der Waals surface area contributed by atoms with Crippen LogP contribution in [-0.4, -0.2) is 107 Å². The molecule has 2 saturated carbocycles. The number of likely N-dealkylation sites (tertiary alicyclic amines) is 1. The zero-order chi connectivity index (χ0) is 41.1. The summed E-state index contributed by atoms with van der Waals surface area (Å²) < 4.78 is 12.1. The molecule has 3 aromatic rings. The van der Waals surface area contributed by atoms with Gasteiger partial charge < -0.3 is 40.3 Å². The van der Waals surface area contributed by atoms with Crippen LogP contribution in [0.2, 0.25) is 0 Å². The number of urea groups is 1. The van der Waals surface area contributed by atoms with Gasteiger partial charge in [0.15, 0.2) is 0 Å². The number of amides is 5. The highest BCUT2D eigenvalue weighted by Crippen LogP contribution is 2.45. The highest BCUT2D eigenvalue weighted by molar-refractivity contribution is 5.96. The van der Waals surface area contributed by atoms with Gasteiger partial charge in [0, 0.05) is 48.5 Å². The van der Waals surface area contributed by atoms with Crippen molar-refractivity contribution in [1.29, 1.82) is 0 Å². The molecule has 0 spiro atoms. The first-order valence-electron chi connectivity index (χ1n) is 19.6. The smallest absolute Gasteiger partial charge is 0.330 e. The second-order valence-corrected chi connectivity index (χ2v) is 16.5. The molecule has 0 unspecified atom stereocenters. The van der Waals surface area contributed by atoms with Gasteiger partial charge in [-0.1, -0.05) is 76.4 Å². The van der Waals surface area contributed by atoms with E-state index in [9.17, 15) is 29.1 Å². The van der Waals surface area contributed by atoms with E-state index in [2.05, 4.69) is 22.5 Å². The van der Waals surface area contributed by atoms with Gasteiger partial charge in [0.2, 0.25) is 17.7 Å². The van der Waals surface area contributed by atoms with E-state index in [-0.39, 0.29) is 37.9 Å². The Labute approximate surface area is 333 Å². The summed E-state index contributed by atoms with van der Waals surface area (Å²) in [7, 11) is 3.33. The number of ether oxygens (including phenoxy) is 2. The molecular weight excluding hydrogens is 729 g/mol. The molecule has 2 aromatic carbocycles. The number of aliphatic carboxylic acids is 1. The van der Waals surface area contributed by atoms with Gasteiger partial charge in [0.25, 0.3) is 0 Å². The van der Waals surface area contributed by atoms with Crippen molar-refractivity contribution in [3.63, 3.8) is 0 Å². The maximum atomic E-state index is 14.3. The number of aromatic nitrogens is 1. The van der Waals surface area contributed by atoms with Crippen molar-refractivity contribution in [2.75, 3.05) is 27.2 Å². The van der Waals surface area contributed by atoms with Crippen LogP contribution in [0.15, 0.2) is 67.3 Å². The van der Waals surface area contributed by atoms with Crippen LogP contribution in [0.1, 0.15) is 65.7 Å². The number of nitrogens with zero attached hydrogens (tertiary/aromatic N) is 3. The van der Waals surface area contributed by atoms with E-state index in [1.54, 1.807) is 52.0 Å². The average Bonchev–Trinajstić information content (AvgIpc) is 3.77. The van der Waals surface area contributed by atoms with Crippen LogP contribution in [0, 0.1) is 11.3 Å². The monoisotopic (exact) mass is 782 g/mol. The highest BCUT2D eigenvalue weighted by Gasteiger charge is 2.61. The molecule has 1 aliphatic heterocycles. The van der Waals surface area contributed by atoms with Crippen LogP contribution in [0.5, 0.6) is 11.5 Å². The number of benzene rings is 2. The average molecular weight is 783 g/mol. The molecule has 4 N–H and O–H groups in total. The minimum atomic E-state index is -1.53. The fourth-order valence-electron chi connectivity index (χ4n) is 7.95. The van der Waals surface area contributed by atoms with E-state index < -0.39 is 58.9 Å². The predicted molar refractivity (Wildman–Crippen MR) is 214 cm³/mol. The van der Waals surface area contributed by atoms with Gasteiger partial charge in [-0.3, -0.25) is 14.4 Å². The van der Waals surface area contributed by atoms with Crippen LogP contribution in [-0.2, 0) is 19.2 Å². The number of hydrogen-bond acceptors (Lipinski definition) is 8. The molecule has 2 heterocycles. The van der Waals surface area contributed by atoms with Crippen molar-refractivity contribution < 1.29 is 38.6 Å². The summed E-state index contributed by atoms with van der Waals surface area (Å²) in [6.45, 7) is 8.81. The van der Waals surface area contributed by atoms with Crippen molar-refractivity contribution in [3.8, 4) is 22.8 Å². The number of carbonyl (C=O) groups is 5. The van der Waals surface area contributed by atoms with E-state index in [1.165, 1.54) is 11.0 Å². The summed E-state index contributed by atoms with van der Waals surface area (Å²) in [4.78, 5) is 75.4. The summed E-state index contributed by atoms with van der Waals surface area (Å²) >= 11 is 0. The molecule has 3 aliphatic rings. The summed E-state index contributed by atoms with van der Waals surface area (Å²) in [5.41, 5.74) is -0.220. The minimum Gasteiger partial charge on any atom is -0.497 e. The molecule has 57 heavy (non-hydrogen) atoms. The van der Waals surface area contributed by atoms with Crippen molar-refractivity contribution in [3.05, 3.63) is 67.3 Å². The van der Waals surface area contributed by atoms with Gasteiger partial charge in [-0.05, 0) is 36.8 Å². The SMILES string of the molecule is C=C[C@@H]1C[C@]1(NC(=O)[C@@H]1C[C@@H](Oc2cc(-c3ccccc3)nc3cc(OC)ccc23)CN1C(=O)N[C@H](C(=O)NCC(=O)N(C)C1CCCCC1)C(C)(C)C)C(=O)O. The first kappa shape index (κ1) is 41.0. The lowest BCUT2D eigenvalue weighted by Gasteiger charge is -2.34. The number of rotatable bonds is 13. The van der Waals surface area contributed by atoms with Crippen molar-refractivity contribution >= 4 is 40.6 Å². The molecule has 1 aromatic heterocycles. The molecule has 1 saturated heterocycles. The van der Waals surface area contributed by atoms with E-state index in [1.807, 2.05) is 42.5 Å². The Balaban J connectivity index is 1.25. The molecule has 5 amide bonds. The highest BCUT2D eigenvalue weighted by atomic mass is 16.5. The molecule has 5 atom stereocenters. The minimum absolute atomic E-state index is 0.0305. The molecule has 14 heteroatoms. The summed E-state index contributed by atoms with van der Waals surface area (Å²) in [5, 5.41) is 19.0. The molecule has 0 bridgehead atoms. The number of methoxy groups -OCH3 is 1. The third kappa shape index (κ3) is 9.00. The number of carboxylic acid groups (broad SMARTS) is 1. The predicted octanol–water partition coefficient (Wildman–Crippen LogP) is 4.91. The maximum absolute atomic E-state index is 14.3. The Morgan fingerprint density at radius 1 is 1.07 bits per heavy atom. The maximum Gasteiger partial charge on any atom is 0.330 e. The lowest BCUT2D eigenvalue weighted by atomic mass is 9.86. The number of carboxylic acids is 1. The Bertz CT molecular complexity index is 2010. The molecule has 6 rings (SSSR count). The number of fused-ring (bicyclic) bond motifs is 1. The number of hydrogen-bond donors (Lipinski definition) is 4. The van der Waals surface area contributed by atoms with Crippen LogP contribution < -0.4 is 25.4 Å². The second kappa shape index (κ2) is 16.8. The van der Waals surface area contributed by atoms with Gasteiger partial charge in [-0.25, -0.2) is 14.6 Å². The van der Waals surface area contributed by atoms with Crippen LogP contribution >= 0.6 is 0 Å². The summed E-state index contributed by atoms with van der Waals surface area (Å²) in [6.07, 6.45) is 6.10. The van der Waals surface area contributed by atoms with Crippen LogP contribution in [0.25, 0.3) is 22.2 Å². The van der Waals surface area contributed by atoms with E-state index in [0.717, 1.165) is 37.7 Å². The van der Waals surface area contributed by atoms with Crippen LogP contribution in [0.4, 0.5) is 4.79 Å². The number of likely N-dealkylation sites (N-methyl/N-ethyl adjacent to an activating group) is 1. The molecule has 0 radical (unpaired) electrons. The quantitative estimate of drug-likeness (QED) is 0.175. The zero-order valence-electron chi connectivity index (χ0n) is 33.4. The topological polar surface area (TPSA) is 180 Å².